The molecule has 0 aliphatic carbocycles. The summed E-state index contributed by atoms with van der Waals surface area (Å²) in [5.41, 5.74) is 2.74. The first-order valence-corrected chi connectivity index (χ1v) is 7.55. The number of benzene rings is 2. The van der Waals surface area contributed by atoms with Crippen molar-refractivity contribution in [2.24, 2.45) is 0 Å². The van der Waals surface area contributed by atoms with Crippen LogP contribution in [0.3, 0.4) is 0 Å². The highest BCUT2D eigenvalue weighted by Crippen LogP contribution is 2.36. The number of imide groups is 1. The molecule has 0 bridgehead atoms. The molecule has 0 aromatic heterocycles. The highest BCUT2D eigenvalue weighted by molar-refractivity contribution is 6.22. The highest BCUT2D eigenvalue weighted by Gasteiger charge is 2.48. The van der Waals surface area contributed by atoms with Crippen LogP contribution in [0.5, 0.6) is 5.75 Å². The summed E-state index contributed by atoms with van der Waals surface area (Å²) >= 11 is 0. The maximum Gasteiger partial charge on any atom is 0.332 e. The molecule has 0 saturated carbocycles. The van der Waals surface area contributed by atoms with Gasteiger partial charge in [0.15, 0.2) is 0 Å². The number of rotatable bonds is 2. The Bertz CT molecular complexity index is 759. The molecule has 1 atom stereocenters. The van der Waals surface area contributed by atoms with Crippen molar-refractivity contribution < 1.29 is 14.3 Å². The smallest absolute Gasteiger partial charge is 0.332 e. The van der Waals surface area contributed by atoms with Gasteiger partial charge in [-0.2, -0.15) is 0 Å². The van der Waals surface area contributed by atoms with Gasteiger partial charge in [0.05, 0.1) is 12.8 Å². The highest BCUT2D eigenvalue weighted by atomic mass is 16.5. The van der Waals surface area contributed by atoms with Crippen LogP contribution >= 0.6 is 0 Å². The third kappa shape index (κ3) is 2.00. The van der Waals surface area contributed by atoms with Gasteiger partial charge >= 0.3 is 6.03 Å². The topological polar surface area (TPSA) is 49.9 Å². The molecule has 5 heteroatoms. The van der Waals surface area contributed by atoms with Crippen LogP contribution < -0.4 is 9.64 Å². The summed E-state index contributed by atoms with van der Waals surface area (Å²) in [5.74, 6) is 0.334. The average molecular weight is 308 g/mol. The molecule has 2 aliphatic rings. The van der Waals surface area contributed by atoms with E-state index in [1.165, 1.54) is 12.0 Å². The second-order valence-electron chi connectivity index (χ2n) is 5.74. The van der Waals surface area contributed by atoms with Crippen LogP contribution in [-0.2, 0) is 17.8 Å². The van der Waals surface area contributed by atoms with E-state index in [2.05, 4.69) is 0 Å². The molecule has 2 aliphatic heterocycles. The number of nitrogens with zero attached hydrogens (tertiary/aromatic N) is 2. The van der Waals surface area contributed by atoms with E-state index in [1.54, 1.807) is 23.1 Å². The van der Waals surface area contributed by atoms with E-state index in [1.807, 2.05) is 30.3 Å². The molecule has 3 amide bonds. The number of hydrogen-bond acceptors (Lipinski definition) is 3. The normalized spacial score (nSPS) is 19.6. The lowest BCUT2D eigenvalue weighted by molar-refractivity contribution is -0.120. The molecule has 4 rings (SSSR count). The predicted octanol–water partition coefficient (Wildman–Crippen LogP) is 2.59. The Hall–Kier alpha value is -2.82. The predicted molar refractivity (Wildman–Crippen MR) is 85.4 cm³/mol. The SMILES string of the molecule is COc1ccccc1N1C(=O)C2Cc3ccccc3CN2C1=O. The first-order valence-electron chi connectivity index (χ1n) is 7.55. The van der Waals surface area contributed by atoms with Crippen molar-refractivity contribution in [1.82, 2.24) is 4.90 Å². The molecule has 0 spiro atoms. The molecular weight excluding hydrogens is 292 g/mol. The van der Waals surface area contributed by atoms with Gasteiger partial charge in [0, 0.05) is 13.0 Å². The Morgan fingerprint density at radius 3 is 2.48 bits per heavy atom. The van der Waals surface area contributed by atoms with Crippen LogP contribution in [0.2, 0.25) is 0 Å². The Morgan fingerprint density at radius 1 is 1.00 bits per heavy atom. The third-order valence-electron chi connectivity index (χ3n) is 4.52. The van der Waals surface area contributed by atoms with Crippen molar-refractivity contribution in [3.8, 4) is 5.75 Å². The number of carbonyl (C=O) groups is 2. The number of fused-ring (bicyclic) bond motifs is 2. The van der Waals surface area contributed by atoms with Crippen LogP contribution in [0.25, 0.3) is 0 Å². The minimum Gasteiger partial charge on any atom is -0.495 e. The minimum atomic E-state index is -0.428. The zero-order chi connectivity index (χ0) is 16.0. The lowest BCUT2D eigenvalue weighted by atomic mass is 9.95. The Balaban J connectivity index is 1.74. The van der Waals surface area contributed by atoms with Crippen LogP contribution in [0.1, 0.15) is 11.1 Å². The Kier molecular flexibility index (Phi) is 3.08. The molecule has 116 valence electrons. The number of para-hydroxylation sites is 2. The molecule has 0 radical (unpaired) electrons. The Labute approximate surface area is 134 Å². The molecule has 1 unspecified atom stereocenters. The van der Waals surface area contributed by atoms with Gasteiger partial charge in [-0.1, -0.05) is 36.4 Å². The second kappa shape index (κ2) is 5.12. The molecule has 2 heterocycles. The van der Waals surface area contributed by atoms with E-state index in [0.29, 0.717) is 24.4 Å². The van der Waals surface area contributed by atoms with Gasteiger partial charge in [-0.25, -0.2) is 9.69 Å². The summed E-state index contributed by atoms with van der Waals surface area (Å²) in [6, 6.07) is 14.4. The number of anilines is 1. The fourth-order valence-electron chi connectivity index (χ4n) is 3.35. The van der Waals surface area contributed by atoms with Gasteiger partial charge < -0.3 is 9.64 Å². The van der Waals surface area contributed by atoms with E-state index >= 15 is 0 Å². The van der Waals surface area contributed by atoms with Crippen molar-refractivity contribution in [2.75, 3.05) is 12.0 Å². The maximum atomic E-state index is 12.8. The number of hydrogen-bond donors (Lipinski definition) is 0. The molecule has 23 heavy (non-hydrogen) atoms. The molecule has 5 nitrogen and oxygen atoms in total. The Morgan fingerprint density at radius 2 is 1.70 bits per heavy atom. The van der Waals surface area contributed by atoms with Gasteiger partial charge in [0.2, 0.25) is 0 Å². The first kappa shape index (κ1) is 13.8. The van der Waals surface area contributed by atoms with Gasteiger partial charge in [-0.3, -0.25) is 4.79 Å². The summed E-state index contributed by atoms with van der Waals surface area (Å²) in [5, 5.41) is 0. The molecular formula is C18H16N2O3. The quantitative estimate of drug-likeness (QED) is 0.801. The van der Waals surface area contributed by atoms with E-state index in [0.717, 1.165) is 11.1 Å². The van der Waals surface area contributed by atoms with Gasteiger partial charge in [0.25, 0.3) is 5.91 Å². The number of methoxy groups -OCH3 is 1. The molecule has 1 saturated heterocycles. The number of amides is 3. The summed E-state index contributed by atoms with van der Waals surface area (Å²) < 4.78 is 5.30. The fourth-order valence-corrected chi connectivity index (χ4v) is 3.35. The first-order chi connectivity index (χ1) is 11.2. The van der Waals surface area contributed by atoms with Crippen LogP contribution in [0.4, 0.5) is 10.5 Å². The van der Waals surface area contributed by atoms with Crippen LogP contribution in [-0.4, -0.2) is 30.0 Å². The summed E-state index contributed by atoms with van der Waals surface area (Å²) in [7, 11) is 1.53. The van der Waals surface area contributed by atoms with E-state index in [-0.39, 0.29) is 11.9 Å². The largest absolute Gasteiger partial charge is 0.495 e. The van der Waals surface area contributed by atoms with Crippen LogP contribution in [0.15, 0.2) is 48.5 Å². The zero-order valence-electron chi connectivity index (χ0n) is 12.7. The molecule has 2 aromatic carbocycles. The second-order valence-corrected chi connectivity index (χ2v) is 5.74. The zero-order valence-corrected chi connectivity index (χ0v) is 12.7. The van der Waals surface area contributed by atoms with Crippen molar-refractivity contribution in [3.63, 3.8) is 0 Å². The minimum absolute atomic E-state index is 0.186. The lowest BCUT2D eigenvalue weighted by Gasteiger charge is -2.28. The van der Waals surface area contributed by atoms with E-state index in [4.69, 9.17) is 4.74 Å². The third-order valence-corrected chi connectivity index (χ3v) is 4.52. The van der Waals surface area contributed by atoms with Gasteiger partial charge in [-0.05, 0) is 23.3 Å². The van der Waals surface area contributed by atoms with E-state index < -0.39 is 6.04 Å². The fraction of sp³-hybridized carbons (Fsp3) is 0.222. The molecule has 2 aromatic rings. The van der Waals surface area contributed by atoms with Crippen molar-refractivity contribution in [3.05, 3.63) is 59.7 Å². The summed E-state index contributed by atoms with van der Waals surface area (Å²) in [6.45, 7) is 0.469. The summed E-state index contributed by atoms with van der Waals surface area (Å²) in [6.07, 6.45) is 0.562. The van der Waals surface area contributed by atoms with Gasteiger partial charge in [0.1, 0.15) is 11.8 Å². The van der Waals surface area contributed by atoms with Gasteiger partial charge in [-0.15, -0.1) is 0 Å². The molecule has 0 N–H and O–H groups in total. The number of carbonyl (C=O) groups excluding carboxylic acids is 2. The standard InChI is InChI=1S/C18H16N2O3/c1-23-16-9-5-4-8-14(16)20-17(21)15-10-12-6-2-3-7-13(12)11-19(15)18(20)22/h2-9,15H,10-11H2,1H3. The average Bonchev–Trinajstić information content (AvgIpc) is 2.83. The van der Waals surface area contributed by atoms with E-state index in [9.17, 15) is 9.59 Å². The van der Waals surface area contributed by atoms with Crippen LogP contribution in [0, 0.1) is 0 Å². The monoisotopic (exact) mass is 308 g/mol. The lowest BCUT2D eigenvalue weighted by Crippen LogP contribution is -2.39. The summed E-state index contributed by atoms with van der Waals surface area (Å²) in [4.78, 5) is 28.5. The van der Waals surface area contributed by atoms with Crippen molar-refractivity contribution in [2.45, 2.75) is 19.0 Å². The van der Waals surface area contributed by atoms with Crippen molar-refractivity contribution in [1.29, 1.82) is 0 Å². The molecule has 1 fully saturated rings. The number of ether oxygens (including phenoxy) is 1. The number of urea groups is 1. The maximum absolute atomic E-state index is 12.8. The van der Waals surface area contributed by atoms with Crippen molar-refractivity contribution >= 4 is 17.6 Å².